The highest BCUT2D eigenvalue weighted by molar-refractivity contribution is 6.07. The number of anilines is 1. The van der Waals surface area contributed by atoms with E-state index in [0.29, 0.717) is 16.9 Å². The van der Waals surface area contributed by atoms with Crippen LogP contribution < -0.4 is 5.32 Å². The normalized spacial score (nSPS) is 20.3. The molecule has 1 atom stereocenters. The summed E-state index contributed by atoms with van der Waals surface area (Å²) in [5.41, 5.74) is 0.516. The fourth-order valence-corrected chi connectivity index (χ4v) is 2.76. The second-order valence-electron chi connectivity index (χ2n) is 5.10. The van der Waals surface area contributed by atoms with Gasteiger partial charge in [-0.2, -0.15) is 0 Å². The fourth-order valence-electron chi connectivity index (χ4n) is 2.76. The Morgan fingerprint density at radius 2 is 1.71 bits per heavy atom. The van der Waals surface area contributed by atoms with Gasteiger partial charge in [-0.3, -0.25) is 4.79 Å². The average Bonchev–Trinajstić information content (AvgIpc) is 2.79. The van der Waals surface area contributed by atoms with Crippen molar-refractivity contribution in [3.8, 4) is 0 Å². The molecule has 0 bridgehead atoms. The van der Waals surface area contributed by atoms with Gasteiger partial charge >= 0.3 is 0 Å². The number of pyridine rings is 1. The van der Waals surface area contributed by atoms with Gasteiger partial charge in [0.2, 0.25) is 5.60 Å². The second kappa shape index (κ2) is 4.14. The number of hydrogen-bond donors (Lipinski definition) is 2. The molecule has 21 heavy (non-hydrogen) atoms. The number of benzene rings is 2. The van der Waals surface area contributed by atoms with E-state index in [1.807, 2.05) is 36.4 Å². The van der Waals surface area contributed by atoms with Crippen molar-refractivity contribution in [1.29, 1.82) is 0 Å². The highest BCUT2D eigenvalue weighted by atomic mass is 16.3. The molecule has 4 heteroatoms. The van der Waals surface area contributed by atoms with Gasteiger partial charge in [0.15, 0.2) is 0 Å². The fraction of sp³-hybridized carbons (Fsp3) is 0.0588. The van der Waals surface area contributed by atoms with Crippen LogP contribution in [0.2, 0.25) is 0 Å². The number of amides is 1. The lowest BCUT2D eigenvalue weighted by atomic mass is 9.91. The summed E-state index contributed by atoms with van der Waals surface area (Å²) >= 11 is 0. The molecule has 4 rings (SSSR count). The van der Waals surface area contributed by atoms with Gasteiger partial charge in [0.05, 0.1) is 11.2 Å². The summed E-state index contributed by atoms with van der Waals surface area (Å²) in [6, 6.07) is 18.3. The number of carbonyl (C=O) groups is 1. The quantitative estimate of drug-likeness (QED) is 0.717. The molecule has 1 amide bonds. The zero-order valence-corrected chi connectivity index (χ0v) is 11.1. The van der Waals surface area contributed by atoms with Crippen molar-refractivity contribution in [3.63, 3.8) is 0 Å². The maximum atomic E-state index is 12.3. The number of rotatable bonds is 1. The van der Waals surface area contributed by atoms with Crippen LogP contribution in [0.25, 0.3) is 10.9 Å². The number of para-hydroxylation sites is 2. The molecule has 2 aromatic carbocycles. The van der Waals surface area contributed by atoms with E-state index in [4.69, 9.17) is 0 Å². The Kier molecular flexibility index (Phi) is 2.37. The third-order valence-corrected chi connectivity index (χ3v) is 3.86. The minimum atomic E-state index is -1.74. The van der Waals surface area contributed by atoms with E-state index in [0.717, 1.165) is 10.9 Å². The van der Waals surface area contributed by atoms with Crippen LogP contribution in [-0.4, -0.2) is 16.0 Å². The molecule has 1 unspecified atom stereocenters. The SMILES string of the molecule is O=C1Nc2ccccc2C1(O)c1ccc2ccccc2n1. The first-order valence-electron chi connectivity index (χ1n) is 6.69. The van der Waals surface area contributed by atoms with Crippen LogP contribution in [0.3, 0.4) is 0 Å². The van der Waals surface area contributed by atoms with Crippen LogP contribution in [-0.2, 0) is 10.4 Å². The molecule has 0 fully saturated rings. The zero-order valence-electron chi connectivity index (χ0n) is 11.1. The summed E-state index contributed by atoms with van der Waals surface area (Å²) < 4.78 is 0. The Bertz CT molecular complexity index is 875. The molecule has 2 heterocycles. The molecule has 1 aliphatic heterocycles. The molecule has 4 nitrogen and oxygen atoms in total. The Labute approximate surface area is 121 Å². The number of aliphatic hydroxyl groups is 1. The molecule has 102 valence electrons. The molecule has 0 saturated carbocycles. The van der Waals surface area contributed by atoms with E-state index in [9.17, 15) is 9.90 Å². The van der Waals surface area contributed by atoms with Crippen molar-refractivity contribution >= 4 is 22.5 Å². The van der Waals surface area contributed by atoms with Crippen LogP contribution in [0.4, 0.5) is 5.69 Å². The number of fused-ring (bicyclic) bond motifs is 2. The smallest absolute Gasteiger partial charge is 0.267 e. The summed E-state index contributed by atoms with van der Waals surface area (Å²) in [5.74, 6) is -0.466. The van der Waals surface area contributed by atoms with E-state index in [1.54, 1.807) is 24.3 Å². The molecule has 2 N–H and O–H groups in total. The number of nitrogens with one attached hydrogen (secondary N) is 1. The predicted octanol–water partition coefficient (Wildman–Crippen LogP) is 2.42. The van der Waals surface area contributed by atoms with Gasteiger partial charge in [-0.05, 0) is 18.2 Å². The van der Waals surface area contributed by atoms with Gasteiger partial charge in [-0.1, -0.05) is 42.5 Å². The third-order valence-electron chi connectivity index (χ3n) is 3.86. The Balaban J connectivity index is 1.96. The molecule has 1 aromatic heterocycles. The van der Waals surface area contributed by atoms with Gasteiger partial charge in [0.1, 0.15) is 0 Å². The minimum absolute atomic E-state index is 0.337. The predicted molar refractivity (Wildman–Crippen MR) is 79.8 cm³/mol. The highest BCUT2D eigenvalue weighted by Gasteiger charge is 2.47. The molecule has 3 aromatic rings. The van der Waals surface area contributed by atoms with Crippen LogP contribution >= 0.6 is 0 Å². The third kappa shape index (κ3) is 1.60. The van der Waals surface area contributed by atoms with Gasteiger partial charge in [-0.25, -0.2) is 4.98 Å². The van der Waals surface area contributed by atoms with Crippen molar-refractivity contribution in [2.45, 2.75) is 5.60 Å². The van der Waals surface area contributed by atoms with Gasteiger partial charge in [0, 0.05) is 16.6 Å². The molecule has 0 spiro atoms. The molecule has 0 aliphatic carbocycles. The summed E-state index contributed by atoms with van der Waals surface area (Å²) in [6.07, 6.45) is 0. The van der Waals surface area contributed by atoms with Gasteiger partial charge in [0.25, 0.3) is 5.91 Å². The standard InChI is InChI=1S/C17H12N2O2/c20-16-17(21,12-6-2-4-8-14(12)19-16)15-10-9-11-5-1-3-7-13(11)18-15/h1-10,21H,(H,19,20). The van der Waals surface area contributed by atoms with Crippen molar-refractivity contribution in [1.82, 2.24) is 4.98 Å². The first-order chi connectivity index (χ1) is 10.2. The minimum Gasteiger partial charge on any atom is -0.370 e. The van der Waals surface area contributed by atoms with Gasteiger partial charge in [-0.15, -0.1) is 0 Å². The van der Waals surface area contributed by atoms with E-state index < -0.39 is 11.5 Å². The number of hydrogen-bond acceptors (Lipinski definition) is 3. The number of aromatic nitrogens is 1. The van der Waals surface area contributed by atoms with E-state index >= 15 is 0 Å². The van der Waals surface area contributed by atoms with Gasteiger partial charge < -0.3 is 10.4 Å². The lowest BCUT2D eigenvalue weighted by Crippen LogP contribution is -2.36. The monoisotopic (exact) mass is 276 g/mol. The number of nitrogens with zero attached hydrogens (tertiary/aromatic N) is 1. The summed E-state index contributed by atoms with van der Waals surface area (Å²) in [5, 5.41) is 14.6. The average molecular weight is 276 g/mol. The van der Waals surface area contributed by atoms with Crippen LogP contribution in [0.5, 0.6) is 0 Å². The lowest BCUT2D eigenvalue weighted by Gasteiger charge is -2.20. The molecule has 1 aliphatic rings. The van der Waals surface area contributed by atoms with Crippen molar-refractivity contribution in [3.05, 3.63) is 71.9 Å². The summed E-state index contributed by atoms with van der Waals surface area (Å²) in [7, 11) is 0. The second-order valence-corrected chi connectivity index (χ2v) is 5.10. The lowest BCUT2D eigenvalue weighted by molar-refractivity contribution is -0.130. The number of carbonyl (C=O) groups excluding carboxylic acids is 1. The Hall–Kier alpha value is -2.72. The first-order valence-corrected chi connectivity index (χ1v) is 6.69. The zero-order chi connectivity index (χ0) is 14.4. The van der Waals surface area contributed by atoms with E-state index in [1.165, 1.54) is 0 Å². The largest absolute Gasteiger partial charge is 0.370 e. The van der Waals surface area contributed by atoms with Crippen molar-refractivity contribution in [2.75, 3.05) is 5.32 Å². The molecule has 0 radical (unpaired) electrons. The summed E-state index contributed by atoms with van der Waals surface area (Å²) in [6.45, 7) is 0. The summed E-state index contributed by atoms with van der Waals surface area (Å²) in [4.78, 5) is 16.8. The maximum Gasteiger partial charge on any atom is 0.267 e. The van der Waals surface area contributed by atoms with Crippen molar-refractivity contribution < 1.29 is 9.90 Å². The maximum absolute atomic E-state index is 12.3. The van der Waals surface area contributed by atoms with Crippen LogP contribution in [0.15, 0.2) is 60.7 Å². The van der Waals surface area contributed by atoms with Crippen LogP contribution in [0.1, 0.15) is 11.3 Å². The first kappa shape index (κ1) is 12.1. The van der Waals surface area contributed by atoms with Crippen molar-refractivity contribution in [2.24, 2.45) is 0 Å². The molecular formula is C17H12N2O2. The molecule has 0 saturated heterocycles. The van der Waals surface area contributed by atoms with E-state index in [2.05, 4.69) is 10.3 Å². The highest BCUT2D eigenvalue weighted by Crippen LogP contribution is 2.40. The Morgan fingerprint density at radius 1 is 0.952 bits per heavy atom. The Morgan fingerprint density at radius 3 is 2.62 bits per heavy atom. The topological polar surface area (TPSA) is 62.2 Å². The van der Waals surface area contributed by atoms with Crippen LogP contribution in [0, 0.1) is 0 Å². The van der Waals surface area contributed by atoms with E-state index in [-0.39, 0.29) is 0 Å². The molecular weight excluding hydrogens is 264 g/mol.